The Bertz CT molecular complexity index is 196. The molecule has 0 aliphatic heterocycles. The van der Waals surface area contributed by atoms with Crippen LogP contribution in [-0.2, 0) is 9.47 Å². The Labute approximate surface area is 96.1 Å². The molecule has 0 aromatic heterocycles. The predicted molar refractivity (Wildman–Crippen MR) is 63.0 cm³/mol. The van der Waals surface area contributed by atoms with E-state index in [1.807, 2.05) is 5.32 Å². The molecule has 0 rings (SSSR count). The fourth-order valence-corrected chi connectivity index (χ4v) is 0.485. The second-order valence-corrected chi connectivity index (χ2v) is 2.34. The molecule has 0 unspecified atom stereocenters. The molecule has 5 nitrogen and oxygen atoms in total. The SMILES string of the molecule is C=CCOC(=O)NCO.C=CCOCC=C. The van der Waals surface area contributed by atoms with Gasteiger partial charge in [0, 0.05) is 0 Å². The number of amides is 1. The summed E-state index contributed by atoms with van der Waals surface area (Å²) < 4.78 is 9.30. The van der Waals surface area contributed by atoms with Crippen LogP contribution in [0.4, 0.5) is 4.79 Å². The third-order valence-corrected chi connectivity index (χ3v) is 1.03. The van der Waals surface area contributed by atoms with Gasteiger partial charge in [-0.2, -0.15) is 0 Å². The van der Waals surface area contributed by atoms with E-state index in [1.54, 1.807) is 12.2 Å². The number of hydrogen-bond acceptors (Lipinski definition) is 4. The van der Waals surface area contributed by atoms with E-state index >= 15 is 0 Å². The first-order chi connectivity index (χ1) is 7.72. The second kappa shape index (κ2) is 15.9. The average molecular weight is 229 g/mol. The van der Waals surface area contributed by atoms with Crippen molar-refractivity contribution in [2.75, 3.05) is 26.6 Å². The van der Waals surface area contributed by atoms with E-state index in [0.29, 0.717) is 13.2 Å². The lowest BCUT2D eigenvalue weighted by atomic mass is 10.6. The number of rotatable bonds is 7. The van der Waals surface area contributed by atoms with Crippen LogP contribution >= 0.6 is 0 Å². The van der Waals surface area contributed by atoms with Gasteiger partial charge in [0.15, 0.2) is 0 Å². The van der Waals surface area contributed by atoms with E-state index in [-0.39, 0.29) is 6.61 Å². The summed E-state index contributed by atoms with van der Waals surface area (Å²) in [5.74, 6) is 0. The van der Waals surface area contributed by atoms with Crippen molar-refractivity contribution >= 4 is 6.09 Å². The van der Waals surface area contributed by atoms with Crippen LogP contribution in [0.3, 0.4) is 0 Å². The fraction of sp³-hybridized carbons (Fsp3) is 0.364. The van der Waals surface area contributed by atoms with Crippen LogP contribution in [0.25, 0.3) is 0 Å². The van der Waals surface area contributed by atoms with Gasteiger partial charge < -0.3 is 14.6 Å². The Morgan fingerprint density at radius 2 is 1.62 bits per heavy atom. The first-order valence-corrected chi connectivity index (χ1v) is 4.64. The normalized spacial score (nSPS) is 8.06. The maximum absolute atomic E-state index is 10.3. The van der Waals surface area contributed by atoms with Gasteiger partial charge in [-0.05, 0) is 0 Å². The minimum atomic E-state index is -0.641. The molecular weight excluding hydrogens is 210 g/mol. The van der Waals surface area contributed by atoms with Gasteiger partial charge in [0.05, 0.1) is 13.2 Å². The van der Waals surface area contributed by atoms with Crippen molar-refractivity contribution < 1.29 is 19.4 Å². The molecule has 1 amide bonds. The van der Waals surface area contributed by atoms with E-state index in [0.717, 1.165) is 0 Å². The summed E-state index contributed by atoms with van der Waals surface area (Å²) in [6.07, 6.45) is 4.22. The molecule has 16 heavy (non-hydrogen) atoms. The highest BCUT2D eigenvalue weighted by molar-refractivity contribution is 5.66. The van der Waals surface area contributed by atoms with Gasteiger partial charge in [0.1, 0.15) is 13.3 Å². The molecule has 2 N–H and O–H groups in total. The molecule has 92 valence electrons. The van der Waals surface area contributed by atoms with Crippen molar-refractivity contribution in [3.05, 3.63) is 38.0 Å². The van der Waals surface area contributed by atoms with Crippen molar-refractivity contribution in [3.63, 3.8) is 0 Å². The summed E-state index contributed by atoms with van der Waals surface area (Å²) in [4.78, 5) is 10.3. The quantitative estimate of drug-likeness (QED) is 0.391. The Hall–Kier alpha value is -1.59. The third kappa shape index (κ3) is 18.2. The lowest BCUT2D eigenvalue weighted by Gasteiger charge is -1.99. The van der Waals surface area contributed by atoms with Gasteiger partial charge >= 0.3 is 6.09 Å². The monoisotopic (exact) mass is 229 g/mol. The highest BCUT2D eigenvalue weighted by Gasteiger charge is 1.94. The zero-order valence-electron chi connectivity index (χ0n) is 9.35. The van der Waals surface area contributed by atoms with Crippen LogP contribution in [0, 0.1) is 0 Å². The zero-order chi connectivity index (χ0) is 12.6. The fourth-order valence-electron chi connectivity index (χ4n) is 0.485. The highest BCUT2D eigenvalue weighted by atomic mass is 16.5. The molecule has 0 bridgehead atoms. The van der Waals surface area contributed by atoms with Crippen molar-refractivity contribution in [3.8, 4) is 0 Å². The number of ether oxygens (including phenoxy) is 2. The molecular formula is C11H19NO4. The molecule has 0 aromatic carbocycles. The minimum Gasteiger partial charge on any atom is -0.445 e. The van der Waals surface area contributed by atoms with Gasteiger partial charge in [-0.15, -0.1) is 13.2 Å². The van der Waals surface area contributed by atoms with Crippen LogP contribution < -0.4 is 5.32 Å². The number of carbonyl (C=O) groups excluding carboxylic acids is 1. The van der Waals surface area contributed by atoms with Gasteiger partial charge in [0.2, 0.25) is 0 Å². The molecule has 0 saturated heterocycles. The number of aliphatic hydroxyl groups is 1. The summed E-state index contributed by atoms with van der Waals surface area (Å²) in [7, 11) is 0. The average Bonchev–Trinajstić information content (AvgIpc) is 2.28. The standard InChI is InChI=1S/C6H10O.C5H9NO3/c1-3-5-7-6-4-2;1-2-3-9-5(8)6-4-7/h3-4H,1-2,5-6H2;2,7H,1,3-4H2,(H,6,8). The Balaban J connectivity index is 0. The number of hydrogen-bond donors (Lipinski definition) is 2. The lowest BCUT2D eigenvalue weighted by Crippen LogP contribution is -2.24. The molecule has 0 fully saturated rings. The van der Waals surface area contributed by atoms with E-state index < -0.39 is 12.8 Å². The lowest BCUT2D eigenvalue weighted by molar-refractivity contribution is 0.144. The van der Waals surface area contributed by atoms with Gasteiger partial charge in [-0.3, -0.25) is 5.32 Å². The van der Waals surface area contributed by atoms with Gasteiger partial charge in [-0.1, -0.05) is 24.8 Å². The van der Waals surface area contributed by atoms with Crippen molar-refractivity contribution in [2.24, 2.45) is 0 Å². The summed E-state index contributed by atoms with van der Waals surface area (Å²) >= 11 is 0. The minimum absolute atomic E-state index is 0.159. The van der Waals surface area contributed by atoms with E-state index in [2.05, 4.69) is 24.5 Å². The molecule has 0 saturated carbocycles. The maximum atomic E-state index is 10.3. The molecule has 0 aliphatic rings. The molecule has 0 aliphatic carbocycles. The van der Waals surface area contributed by atoms with E-state index in [4.69, 9.17) is 9.84 Å². The highest BCUT2D eigenvalue weighted by Crippen LogP contribution is 1.75. The number of aliphatic hydroxyl groups excluding tert-OH is 1. The second-order valence-electron chi connectivity index (χ2n) is 2.34. The summed E-state index contributed by atoms with van der Waals surface area (Å²) in [5.41, 5.74) is 0. The van der Waals surface area contributed by atoms with Crippen LogP contribution in [0.5, 0.6) is 0 Å². The topological polar surface area (TPSA) is 67.8 Å². The third-order valence-electron chi connectivity index (χ3n) is 1.03. The molecule has 0 aromatic rings. The largest absolute Gasteiger partial charge is 0.445 e. The number of alkyl carbamates (subject to hydrolysis) is 1. The molecule has 0 spiro atoms. The summed E-state index contributed by atoms with van der Waals surface area (Å²) in [5, 5.41) is 10.1. The number of carbonyl (C=O) groups is 1. The van der Waals surface area contributed by atoms with E-state index in [1.165, 1.54) is 6.08 Å². The Morgan fingerprint density at radius 3 is 2.00 bits per heavy atom. The first kappa shape index (κ1) is 16.8. The summed E-state index contributed by atoms with van der Waals surface area (Å²) in [6.45, 7) is 11.3. The maximum Gasteiger partial charge on any atom is 0.409 e. The summed E-state index contributed by atoms with van der Waals surface area (Å²) in [6, 6.07) is 0. The van der Waals surface area contributed by atoms with Crippen LogP contribution in [0.1, 0.15) is 0 Å². The predicted octanol–water partition coefficient (Wildman–Crippen LogP) is 1.22. The Morgan fingerprint density at radius 1 is 1.12 bits per heavy atom. The van der Waals surface area contributed by atoms with Crippen molar-refractivity contribution in [1.82, 2.24) is 5.32 Å². The van der Waals surface area contributed by atoms with Crippen molar-refractivity contribution in [1.29, 1.82) is 0 Å². The van der Waals surface area contributed by atoms with Gasteiger partial charge in [0.25, 0.3) is 0 Å². The molecule has 0 radical (unpaired) electrons. The number of nitrogens with one attached hydrogen (secondary N) is 1. The molecule has 0 atom stereocenters. The van der Waals surface area contributed by atoms with Crippen molar-refractivity contribution in [2.45, 2.75) is 0 Å². The van der Waals surface area contributed by atoms with Gasteiger partial charge in [-0.25, -0.2) is 4.79 Å². The van der Waals surface area contributed by atoms with Crippen LogP contribution in [0.15, 0.2) is 38.0 Å². The molecule has 0 heterocycles. The molecule has 5 heteroatoms. The zero-order valence-corrected chi connectivity index (χ0v) is 9.35. The Kier molecular flexibility index (Phi) is 16.7. The van der Waals surface area contributed by atoms with Crippen LogP contribution in [-0.4, -0.2) is 37.8 Å². The smallest absolute Gasteiger partial charge is 0.409 e. The van der Waals surface area contributed by atoms with Crippen LogP contribution in [0.2, 0.25) is 0 Å². The van der Waals surface area contributed by atoms with E-state index in [9.17, 15) is 4.79 Å². The first-order valence-electron chi connectivity index (χ1n) is 4.64.